The summed E-state index contributed by atoms with van der Waals surface area (Å²) in [5.41, 5.74) is 1.30. The van der Waals surface area contributed by atoms with Crippen LogP contribution in [0.3, 0.4) is 0 Å². The number of guanidine groups is 1. The highest BCUT2D eigenvalue weighted by Gasteiger charge is 2.16. The lowest BCUT2D eigenvalue weighted by molar-refractivity contribution is -0.127. The van der Waals surface area contributed by atoms with E-state index in [1.165, 1.54) is 31.2 Å². The zero-order valence-corrected chi connectivity index (χ0v) is 14.2. The van der Waals surface area contributed by atoms with Gasteiger partial charge in [0.2, 0.25) is 5.91 Å². The fourth-order valence-corrected chi connectivity index (χ4v) is 2.67. The maximum atomic E-state index is 11.7. The van der Waals surface area contributed by atoms with E-state index in [0.717, 1.165) is 18.9 Å². The fraction of sp³-hybridized carbons (Fsp3) is 0.556. The Morgan fingerprint density at radius 3 is 2.57 bits per heavy atom. The van der Waals surface area contributed by atoms with E-state index in [9.17, 15) is 4.79 Å². The van der Waals surface area contributed by atoms with E-state index < -0.39 is 0 Å². The van der Waals surface area contributed by atoms with Gasteiger partial charge in [-0.3, -0.25) is 4.79 Å². The normalized spacial score (nSPS) is 15.5. The van der Waals surface area contributed by atoms with Crippen LogP contribution in [-0.2, 0) is 11.2 Å². The molecule has 0 heterocycles. The second kappa shape index (κ2) is 9.18. The van der Waals surface area contributed by atoms with Gasteiger partial charge in [0.1, 0.15) is 6.54 Å². The van der Waals surface area contributed by atoms with Gasteiger partial charge in [0.25, 0.3) is 0 Å². The van der Waals surface area contributed by atoms with Gasteiger partial charge >= 0.3 is 0 Å². The summed E-state index contributed by atoms with van der Waals surface area (Å²) >= 11 is 0. The van der Waals surface area contributed by atoms with Crippen LogP contribution in [0, 0.1) is 0 Å². The van der Waals surface area contributed by atoms with E-state index in [0.29, 0.717) is 6.04 Å². The quantitative estimate of drug-likeness (QED) is 0.621. The van der Waals surface area contributed by atoms with Gasteiger partial charge in [-0.05, 0) is 24.8 Å². The van der Waals surface area contributed by atoms with Crippen molar-refractivity contribution in [2.45, 2.75) is 38.1 Å². The fourth-order valence-electron chi connectivity index (χ4n) is 2.67. The van der Waals surface area contributed by atoms with Crippen molar-refractivity contribution in [1.29, 1.82) is 0 Å². The molecule has 2 N–H and O–H groups in total. The van der Waals surface area contributed by atoms with Gasteiger partial charge in [-0.15, -0.1) is 0 Å². The summed E-state index contributed by atoms with van der Waals surface area (Å²) in [6.07, 6.45) is 5.84. The number of carbonyl (C=O) groups excluding carboxylic acids is 1. The average Bonchev–Trinajstić information content (AvgIpc) is 3.06. The van der Waals surface area contributed by atoms with E-state index in [1.54, 1.807) is 19.0 Å². The second-order valence-electron chi connectivity index (χ2n) is 6.24. The molecule has 0 saturated heterocycles. The third-order valence-electron chi connectivity index (χ3n) is 4.12. The second-order valence-corrected chi connectivity index (χ2v) is 6.24. The number of likely N-dealkylation sites (N-methyl/N-ethyl adjacent to an activating group) is 1. The molecule has 0 atom stereocenters. The first-order chi connectivity index (χ1) is 11.1. The van der Waals surface area contributed by atoms with E-state index in [-0.39, 0.29) is 12.5 Å². The number of nitrogens with zero attached hydrogens (tertiary/aromatic N) is 2. The maximum absolute atomic E-state index is 11.7. The van der Waals surface area contributed by atoms with Crippen LogP contribution < -0.4 is 10.6 Å². The third-order valence-corrected chi connectivity index (χ3v) is 4.12. The standard InChI is InChI=1S/C18H28N4O/c1-22(2)17(23)14-20-18(21-16-10-6-7-11-16)19-13-12-15-8-4-3-5-9-15/h3-5,8-9,16H,6-7,10-14H2,1-2H3,(H2,19,20,21). The molecule has 1 saturated carbocycles. The first-order valence-electron chi connectivity index (χ1n) is 8.44. The van der Waals surface area contributed by atoms with Gasteiger partial charge in [-0.2, -0.15) is 0 Å². The number of amides is 1. The molecular weight excluding hydrogens is 288 g/mol. The van der Waals surface area contributed by atoms with E-state index in [4.69, 9.17) is 0 Å². The first kappa shape index (κ1) is 17.3. The lowest BCUT2D eigenvalue weighted by Crippen LogP contribution is -2.43. The van der Waals surface area contributed by atoms with E-state index in [2.05, 4.69) is 39.9 Å². The minimum Gasteiger partial charge on any atom is -0.356 e. The van der Waals surface area contributed by atoms with Crippen molar-refractivity contribution in [3.63, 3.8) is 0 Å². The van der Waals surface area contributed by atoms with Gasteiger partial charge in [-0.25, -0.2) is 4.99 Å². The SMILES string of the molecule is CN(C)C(=O)CN=C(NCCc1ccccc1)NC1CCCC1. The van der Waals surface area contributed by atoms with Crippen LogP contribution >= 0.6 is 0 Å². The maximum Gasteiger partial charge on any atom is 0.243 e. The van der Waals surface area contributed by atoms with Crippen LogP contribution in [0.4, 0.5) is 0 Å². The number of hydrogen-bond donors (Lipinski definition) is 2. The van der Waals surface area contributed by atoms with Crippen LogP contribution in [0.25, 0.3) is 0 Å². The smallest absolute Gasteiger partial charge is 0.243 e. The highest BCUT2D eigenvalue weighted by atomic mass is 16.2. The van der Waals surface area contributed by atoms with Gasteiger partial charge in [0.15, 0.2) is 5.96 Å². The number of aliphatic imine (C=N–C) groups is 1. The summed E-state index contributed by atoms with van der Waals surface area (Å²) in [6.45, 7) is 0.985. The van der Waals surface area contributed by atoms with Crippen molar-refractivity contribution in [2.24, 2.45) is 4.99 Å². The first-order valence-corrected chi connectivity index (χ1v) is 8.44. The van der Waals surface area contributed by atoms with Crippen LogP contribution in [-0.4, -0.2) is 50.0 Å². The summed E-state index contributed by atoms with van der Waals surface area (Å²) in [4.78, 5) is 17.8. The highest BCUT2D eigenvalue weighted by Crippen LogP contribution is 2.17. The monoisotopic (exact) mass is 316 g/mol. The van der Waals surface area contributed by atoms with Crippen molar-refractivity contribution in [3.05, 3.63) is 35.9 Å². The summed E-state index contributed by atoms with van der Waals surface area (Å²) in [5, 5.41) is 6.82. The number of rotatable bonds is 6. The molecule has 1 aliphatic rings. The average molecular weight is 316 g/mol. The van der Waals surface area contributed by atoms with Gasteiger partial charge in [-0.1, -0.05) is 43.2 Å². The molecule has 0 unspecified atom stereocenters. The topological polar surface area (TPSA) is 56.7 Å². The number of benzene rings is 1. The van der Waals surface area contributed by atoms with Crippen LogP contribution in [0.1, 0.15) is 31.2 Å². The van der Waals surface area contributed by atoms with Gasteiger partial charge in [0.05, 0.1) is 0 Å². The molecule has 0 radical (unpaired) electrons. The van der Waals surface area contributed by atoms with Crippen molar-refractivity contribution in [3.8, 4) is 0 Å². The van der Waals surface area contributed by atoms with Crippen LogP contribution in [0.15, 0.2) is 35.3 Å². The highest BCUT2D eigenvalue weighted by molar-refractivity contribution is 5.84. The summed E-state index contributed by atoms with van der Waals surface area (Å²) in [7, 11) is 3.51. The zero-order valence-electron chi connectivity index (χ0n) is 14.2. The minimum atomic E-state index is 0.0144. The Morgan fingerprint density at radius 2 is 1.91 bits per heavy atom. The molecule has 1 aliphatic carbocycles. The van der Waals surface area contributed by atoms with Crippen LogP contribution in [0.5, 0.6) is 0 Å². The molecule has 0 bridgehead atoms. The van der Waals surface area contributed by atoms with Crippen molar-refractivity contribution < 1.29 is 4.79 Å². The molecule has 23 heavy (non-hydrogen) atoms. The molecule has 1 amide bonds. The molecule has 126 valence electrons. The molecule has 0 aromatic heterocycles. The third kappa shape index (κ3) is 6.30. The molecule has 0 spiro atoms. The van der Waals surface area contributed by atoms with E-state index in [1.807, 2.05) is 6.07 Å². The molecule has 1 aromatic carbocycles. The predicted molar refractivity (Wildman–Crippen MR) is 94.5 cm³/mol. The van der Waals surface area contributed by atoms with Gasteiger partial charge < -0.3 is 15.5 Å². The number of nitrogens with one attached hydrogen (secondary N) is 2. The number of hydrogen-bond acceptors (Lipinski definition) is 2. The van der Waals surface area contributed by atoms with Crippen molar-refractivity contribution >= 4 is 11.9 Å². The summed E-state index contributed by atoms with van der Waals surface area (Å²) in [5.74, 6) is 0.767. The summed E-state index contributed by atoms with van der Waals surface area (Å²) < 4.78 is 0. The largest absolute Gasteiger partial charge is 0.356 e. The summed E-state index contributed by atoms with van der Waals surface area (Å²) in [6, 6.07) is 10.9. The minimum absolute atomic E-state index is 0.0144. The lowest BCUT2D eigenvalue weighted by atomic mass is 10.1. The Bertz CT molecular complexity index is 507. The zero-order chi connectivity index (χ0) is 16.5. The molecule has 1 aromatic rings. The Balaban J connectivity index is 1.86. The van der Waals surface area contributed by atoms with E-state index >= 15 is 0 Å². The molecule has 2 rings (SSSR count). The Hall–Kier alpha value is -2.04. The predicted octanol–water partition coefficient (Wildman–Crippen LogP) is 1.80. The van der Waals surface area contributed by atoms with Gasteiger partial charge in [0, 0.05) is 26.7 Å². The molecule has 5 heteroatoms. The molecule has 0 aliphatic heterocycles. The lowest BCUT2D eigenvalue weighted by Gasteiger charge is -2.18. The number of carbonyl (C=O) groups is 1. The Kier molecular flexibility index (Phi) is 6.91. The molecule has 5 nitrogen and oxygen atoms in total. The molecular formula is C18H28N4O. The van der Waals surface area contributed by atoms with Crippen molar-refractivity contribution in [1.82, 2.24) is 15.5 Å². The molecule has 1 fully saturated rings. The Labute approximate surface area is 139 Å². The van der Waals surface area contributed by atoms with Crippen LogP contribution in [0.2, 0.25) is 0 Å². The van der Waals surface area contributed by atoms with Crippen molar-refractivity contribution in [2.75, 3.05) is 27.2 Å². The Morgan fingerprint density at radius 1 is 1.22 bits per heavy atom.